The Morgan fingerprint density at radius 1 is 1.00 bits per heavy atom. The topological polar surface area (TPSA) is 61.2 Å². The fourth-order valence-corrected chi connectivity index (χ4v) is 3.67. The fourth-order valence-electron chi connectivity index (χ4n) is 3.49. The molecule has 2 amide bonds. The van der Waals surface area contributed by atoms with Crippen molar-refractivity contribution in [2.24, 2.45) is 0 Å². The molecule has 1 aliphatic rings. The van der Waals surface area contributed by atoms with Gasteiger partial charge in [-0.3, -0.25) is 9.59 Å². The number of hydrogen-bond donors (Lipinski definition) is 2. The van der Waals surface area contributed by atoms with Crippen molar-refractivity contribution in [2.75, 3.05) is 0 Å². The van der Waals surface area contributed by atoms with Gasteiger partial charge in [-0.1, -0.05) is 71.8 Å². The van der Waals surface area contributed by atoms with Crippen LogP contribution in [-0.4, -0.2) is 28.8 Å². The maximum absolute atomic E-state index is 12.9. The van der Waals surface area contributed by atoms with Crippen LogP contribution >= 0.6 is 11.6 Å². The molecule has 1 aliphatic heterocycles. The van der Waals surface area contributed by atoms with E-state index in [9.17, 15) is 9.59 Å². The van der Waals surface area contributed by atoms with E-state index in [-0.39, 0.29) is 11.8 Å². The second-order valence-corrected chi connectivity index (χ2v) is 7.61. The van der Waals surface area contributed by atoms with Crippen molar-refractivity contribution in [3.8, 4) is 0 Å². The minimum Gasteiger partial charge on any atom is -0.334 e. The van der Waals surface area contributed by atoms with Gasteiger partial charge in [0.2, 0.25) is 12.3 Å². The molecule has 0 aliphatic carbocycles. The first-order chi connectivity index (χ1) is 14.5. The maximum atomic E-state index is 12.9. The summed E-state index contributed by atoms with van der Waals surface area (Å²) in [6.07, 6.45) is 1.79. The molecule has 4 rings (SSSR count). The number of halogens is 1. The molecular formula is C24H21ClN3O2+. The molecular weight excluding hydrogens is 398 g/mol. The van der Waals surface area contributed by atoms with Gasteiger partial charge in [0.05, 0.1) is 10.6 Å². The highest BCUT2D eigenvalue weighted by atomic mass is 35.5. The number of carbonyl (C=O) groups is 2. The lowest BCUT2D eigenvalue weighted by molar-refractivity contribution is -0.596. The predicted molar refractivity (Wildman–Crippen MR) is 117 cm³/mol. The zero-order valence-electron chi connectivity index (χ0n) is 16.4. The smallest absolute Gasteiger partial charge is 0.304 e. The lowest BCUT2D eigenvalue weighted by atomic mass is 9.98. The zero-order valence-corrected chi connectivity index (χ0v) is 17.1. The van der Waals surface area contributed by atoms with Crippen molar-refractivity contribution in [3.05, 3.63) is 106 Å². The molecule has 30 heavy (non-hydrogen) atoms. The van der Waals surface area contributed by atoms with Gasteiger partial charge in [0.1, 0.15) is 0 Å². The summed E-state index contributed by atoms with van der Waals surface area (Å²) in [6, 6.07) is 23.0. The fraction of sp³-hybridized carbons (Fsp3) is 0.125. The van der Waals surface area contributed by atoms with E-state index in [4.69, 9.17) is 11.6 Å². The SMILES string of the molecule is Cc1ccc([C@H]2[C@H](NC(=O)c3ccccc3)C(=O)N/[N+]2=C\c2ccccc2Cl)cc1. The van der Waals surface area contributed by atoms with Crippen molar-refractivity contribution in [2.45, 2.75) is 19.0 Å². The van der Waals surface area contributed by atoms with Gasteiger partial charge in [-0.25, -0.2) is 0 Å². The van der Waals surface area contributed by atoms with Gasteiger partial charge < -0.3 is 5.32 Å². The molecule has 0 unspecified atom stereocenters. The van der Waals surface area contributed by atoms with Crippen LogP contribution in [0.15, 0.2) is 78.9 Å². The number of rotatable bonds is 4. The Hall–Kier alpha value is -3.44. The second kappa shape index (κ2) is 8.51. The summed E-state index contributed by atoms with van der Waals surface area (Å²) in [6.45, 7) is 2.00. The van der Waals surface area contributed by atoms with Gasteiger partial charge in [0.25, 0.3) is 5.91 Å². The van der Waals surface area contributed by atoms with Crippen LogP contribution in [-0.2, 0) is 4.79 Å². The summed E-state index contributed by atoms with van der Waals surface area (Å²) >= 11 is 6.31. The minimum atomic E-state index is -0.765. The number of hydrazone groups is 1. The molecule has 3 aromatic rings. The Balaban J connectivity index is 1.73. The summed E-state index contributed by atoms with van der Waals surface area (Å²) in [4.78, 5) is 25.6. The highest BCUT2D eigenvalue weighted by Gasteiger charge is 2.47. The van der Waals surface area contributed by atoms with E-state index in [0.717, 1.165) is 16.7 Å². The van der Waals surface area contributed by atoms with Crippen molar-refractivity contribution >= 4 is 29.6 Å². The summed E-state index contributed by atoms with van der Waals surface area (Å²) < 4.78 is 1.71. The molecule has 6 heteroatoms. The van der Waals surface area contributed by atoms with Gasteiger partial charge >= 0.3 is 5.91 Å². The third-order valence-corrected chi connectivity index (χ3v) is 5.41. The van der Waals surface area contributed by atoms with Crippen LogP contribution in [0.5, 0.6) is 0 Å². The highest BCUT2D eigenvalue weighted by molar-refractivity contribution is 6.32. The summed E-state index contributed by atoms with van der Waals surface area (Å²) in [7, 11) is 0. The first-order valence-electron chi connectivity index (χ1n) is 9.63. The Morgan fingerprint density at radius 3 is 2.37 bits per heavy atom. The Labute approximate surface area is 180 Å². The van der Waals surface area contributed by atoms with Gasteiger partial charge in [-0.05, 0) is 31.2 Å². The van der Waals surface area contributed by atoms with E-state index in [1.807, 2.05) is 55.5 Å². The minimum absolute atomic E-state index is 0.284. The molecule has 3 aromatic carbocycles. The molecule has 1 heterocycles. The van der Waals surface area contributed by atoms with Crippen LogP contribution in [0.2, 0.25) is 5.02 Å². The second-order valence-electron chi connectivity index (χ2n) is 7.21. The quantitative estimate of drug-likeness (QED) is 0.635. The summed E-state index contributed by atoms with van der Waals surface area (Å²) in [5, 5.41) is 3.47. The lowest BCUT2D eigenvalue weighted by Gasteiger charge is -2.15. The maximum Gasteiger partial charge on any atom is 0.304 e. The van der Waals surface area contributed by atoms with Crippen LogP contribution in [0.3, 0.4) is 0 Å². The van der Waals surface area contributed by atoms with Gasteiger partial charge in [0, 0.05) is 11.1 Å². The monoisotopic (exact) mass is 418 g/mol. The normalized spacial score (nSPS) is 19.5. The average Bonchev–Trinajstić information content (AvgIpc) is 3.05. The number of nitrogens with one attached hydrogen (secondary N) is 2. The molecule has 1 fully saturated rings. The predicted octanol–water partition coefficient (Wildman–Crippen LogP) is 3.66. The van der Waals surface area contributed by atoms with E-state index < -0.39 is 12.1 Å². The molecule has 0 saturated carbocycles. The molecule has 0 radical (unpaired) electrons. The zero-order chi connectivity index (χ0) is 21.1. The van der Waals surface area contributed by atoms with Crippen LogP contribution in [0.4, 0.5) is 0 Å². The van der Waals surface area contributed by atoms with Crippen LogP contribution < -0.4 is 10.7 Å². The van der Waals surface area contributed by atoms with Gasteiger partial charge in [-0.15, -0.1) is 10.1 Å². The summed E-state index contributed by atoms with van der Waals surface area (Å²) in [5.74, 6) is -0.583. The average molecular weight is 419 g/mol. The van der Waals surface area contributed by atoms with E-state index in [1.165, 1.54) is 0 Å². The number of hydrazine groups is 1. The van der Waals surface area contributed by atoms with Gasteiger partial charge in [-0.2, -0.15) is 0 Å². The van der Waals surface area contributed by atoms with Crippen molar-refractivity contribution in [1.29, 1.82) is 0 Å². The first kappa shape index (κ1) is 19.9. The number of benzene rings is 3. The van der Waals surface area contributed by atoms with Crippen molar-refractivity contribution in [1.82, 2.24) is 10.7 Å². The number of aryl methyl sites for hydroxylation is 1. The molecule has 1 saturated heterocycles. The molecule has 0 bridgehead atoms. The van der Waals surface area contributed by atoms with E-state index in [0.29, 0.717) is 10.6 Å². The van der Waals surface area contributed by atoms with E-state index in [1.54, 1.807) is 41.2 Å². The van der Waals surface area contributed by atoms with E-state index >= 15 is 0 Å². The lowest BCUT2D eigenvalue weighted by Crippen LogP contribution is -2.42. The first-order valence-corrected chi connectivity index (χ1v) is 10.0. The number of amides is 2. The standard InChI is InChI=1S/C24H20ClN3O2/c1-16-11-13-17(14-12-16)22-21(26-23(29)18-7-3-2-4-8-18)24(30)27-28(22)15-19-9-5-6-10-20(19)25/h2-15,21-22H,1H3,(H-,26,27,29,30)/p+1/b28-15-/t21-,22-/m0/s1. The molecule has 2 atom stereocenters. The Kier molecular flexibility index (Phi) is 5.63. The van der Waals surface area contributed by atoms with Crippen LogP contribution in [0, 0.1) is 6.92 Å². The third kappa shape index (κ3) is 4.11. The van der Waals surface area contributed by atoms with Crippen LogP contribution in [0.25, 0.3) is 0 Å². The van der Waals surface area contributed by atoms with Crippen molar-refractivity contribution < 1.29 is 14.3 Å². The Morgan fingerprint density at radius 2 is 1.67 bits per heavy atom. The van der Waals surface area contributed by atoms with Crippen molar-refractivity contribution in [3.63, 3.8) is 0 Å². The third-order valence-electron chi connectivity index (χ3n) is 5.06. The number of hydrogen-bond acceptors (Lipinski definition) is 2. The van der Waals surface area contributed by atoms with Crippen LogP contribution in [0.1, 0.15) is 33.1 Å². The van der Waals surface area contributed by atoms with E-state index in [2.05, 4.69) is 10.7 Å². The largest absolute Gasteiger partial charge is 0.334 e. The number of nitrogens with zero attached hydrogens (tertiary/aromatic N) is 1. The molecule has 2 N–H and O–H groups in total. The Bertz CT molecular complexity index is 1110. The number of carbonyl (C=O) groups excluding carboxylic acids is 2. The highest BCUT2D eigenvalue weighted by Crippen LogP contribution is 2.26. The molecule has 5 nitrogen and oxygen atoms in total. The van der Waals surface area contributed by atoms with Gasteiger partial charge in [0.15, 0.2) is 6.04 Å². The molecule has 0 spiro atoms. The molecule has 150 valence electrons. The summed E-state index contributed by atoms with van der Waals surface area (Å²) in [5.41, 5.74) is 6.15. The molecule has 0 aromatic heterocycles.